The molecular formula is C25H21BrN2O4. The van der Waals surface area contributed by atoms with Crippen molar-refractivity contribution in [2.75, 3.05) is 7.11 Å². The molecule has 162 valence electrons. The molecule has 0 spiro atoms. The van der Waals surface area contributed by atoms with E-state index in [0.29, 0.717) is 34.8 Å². The van der Waals surface area contributed by atoms with Gasteiger partial charge in [0.1, 0.15) is 11.5 Å². The van der Waals surface area contributed by atoms with Gasteiger partial charge in [-0.25, -0.2) is 5.01 Å². The molecule has 1 unspecified atom stereocenters. The number of methoxy groups -OCH3 is 1. The third-order valence-corrected chi connectivity index (χ3v) is 5.68. The lowest BCUT2D eigenvalue weighted by Gasteiger charge is -2.22. The number of carbonyl (C=O) groups is 2. The Morgan fingerprint density at radius 1 is 1.03 bits per heavy atom. The minimum atomic E-state index is -0.445. The highest BCUT2D eigenvalue weighted by molar-refractivity contribution is 9.10. The third kappa shape index (κ3) is 4.57. The van der Waals surface area contributed by atoms with Crippen LogP contribution in [0.15, 0.2) is 82.4 Å². The first-order valence-electron chi connectivity index (χ1n) is 10.0. The van der Waals surface area contributed by atoms with Crippen LogP contribution >= 0.6 is 15.9 Å². The molecular weight excluding hydrogens is 472 g/mol. The summed E-state index contributed by atoms with van der Waals surface area (Å²) in [5.41, 5.74) is 2.81. The molecule has 0 aliphatic carbocycles. The molecule has 7 heteroatoms. The predicted octanol–water partition coefficient (Wildman–Crippen LogP) is 5.37. The van der Waals surface area contributed by atoms with Gasteiger partial charge in [-0.3, -0.25) is 9.59 Å². The second-order valence-electron chi connectivity index (χ2n) is 7.29. The van der Waals surface area contributed by atoms with Crippen molar-refractivity contribution >= 4 is 33.5 Å². The quantitative estimate of drug-likeness (QED) is 0.354. The van der Waals surface area contributed by atoms with Crippen LogP contribution in [-0.2, 0) is 4.79 Å². The Kier molecular flexibility index (Phi) is 6.37. The fourth-order valence-electron chi connectivity index (χ4n) is 3.63. The Hall–Kier alpha value is -3.45. The molecule has 3 aromatic carbocycles. The number of halogens is 1. The normalized spacial score (nSPS) is 15.3. The Balaban J connectivity index is 1.77. The number of nitrogens with zero attached hydrogens (tertiary/aromatic N) is 2. The number of hydrogen-bond donors (Lipinski definition) is 0. The van der Waals surface area contributed by atoms with Gasteiger partial charge in [0, 0.05) is 35.0 Å². The van der Waals surface area contributed by atoms with Gasteiger partial charge < -0.3 is 9.47 Å². The lowest BCUT2D eigenvalue weighted by Crippen LogP contribution is -2.27. The summed E-state index contributed by atoms with van der Waals surface area (Å²) >= 11 is 3.46. The van der Waals surface area contributed by atoms with Gasteiger partial charge in [-0.1, -0.05) is 46.3 Å². The summed E-state index contributed by atoms with van der Waals surface area (Å²) in [6, 6.07) is 21.8. The molecule has 4 rings (SSSR count). The molecule has 0 aromatic heterocycles. The van der Waals surface area contributed by atoms with Crippen molar-refractivity contribution < 1.29 is 19.1 Å². The van der Waals surface area contributed by atoms with Gasteiger partial charge in [-0.15, -0.1) is 0 Å². The van der Waals surface area contributed by atoms with E-state index in [-0.39, 0.29) is 11.9 Å². The van der Waals surface area contributed by atoms with Crippen molar-refractivity contribution in [1.29, 1.82) is 0 Å². The summed E-state index contributed by atoms with van der Waals surface area (Å²) in [5, 5.41) is 6.20. The maximum Gasteiger partial charge on any atom is 0.308 e. The minimum Gasteiger partial charge on any atom is -0.497 e. The summed E-state index contributed by atoms with van der Waals surface area (Å²) in [6.45, 7) is 1.34. The summed E-state index contributed by atoms with van der Waals surface area (Å²) in [4.78, 5) is 25.0. The molecule has 0 saturated carbocycles. The van der Waals surface area contributed by atoms with Gasteiger partial charge in [0.15, 0.2) is 0 Å². The van der Waals surface area contributed by atoms with Crippen molar-refractivity contribution in [3.05, 3.63) is 94.0 Å². The summed E-state index contributed by atoms with van der Waals surface area (Å²) in [6.07, 6.45) is 0.473. The zero-order valence-corrected chi connectivity index (χ0v) is 19.2. The van der Waals surface area contributed by atoms with E-state index >= 15 is 0 Å². The predicted molar refractivity (Wildman–Crippen MR) is 125 cm³/mol. The van der Waals surface area contributed by atoms with E-state index in [0.717, 1.165) is 10.0 Å². The number of benzene rings is 3. The molecule has 0 bridgehead atoms. The van der Waals surface area contributed by atoms with Crippen LogP contribution in [0.4, 0.5) is 0 Å². The van der Waals surface area contributed by atoms with Crippen LogP contribution in [0.25, 0.3) is 0 Å². The number of esters is 1. The zero-order valence-electron chi connectivity index (χ0n) is 17.6. The first-order valence-corrected chi connectivity index (χ1v) is 10.8. The van der Waals surface area contributed by atoms with Crippen LogP contribution in [0.2, 0.25) is 0 Å². The van der Waals surface area contributed by atoms with Crippen LogP contribution in [-0.4, -0.2) is 29.7 Å². The number of ether oxygens (including phenoxy) is 2. The molecule has 1 amide bonds. The van der Waals surface area contributed by atoms with Crippen LogP contribution in [0.3, 0.4) is 0 Å². The van der Waals surface area contributed by atoms with E-state index in [2.05, 4.69) is 15.9 Å². The number of carbonyl (C=O) groups excluding carboxylic acids is 2. The molecule has 0 radical (unpaired) electrons. The third-order valence-electron chi connectivity index (χ3n) is 5.15. The molecule has 1 aliphatic rings. The van der Waals surface area contributed by atoms with E-state index in [1.807, 2.05) is 42.5 Å². The van der Waals surface area contributed by atoms with E-state index in [4.69, 9.17) is 14.6 Å². The van der Waals surface area contributed by atoms with Gasteiger partial charge in [-0.2, -0.15) is 5.10 Å². The summed E-state index contributed by atoms with van der Waals surface area (Å²) in [7, 11) is 1.55. The number of hydrogen-bond acceptors (Lipinski definition) is 5. The average Bonchev–Trinajstić information content (AvgIpc) is 3.24. The molecule has 0 fully saturated rings. The molecule has 0 N–H and O–H groups in total. The molecule has 1 heterocycles. The lowest BCUT2D eigenvalue weighted by molar-refractivity contribution is -0.131. The SMILES string of the molecule is COc1ccc(C2=NN(C(=O)c3ccccc3)C(c3ccc(Br)cc3)C2)c(OC(C)=O)c1. The van der Waals surface area contributed by atoms with Crippen LogP contribution in [0.5, 0.6) is 11.5 Å². The molecule has 32 heavy (non-hydrogen) atoms. The van der Waals surface area contributed by atoms with Crippen molar-refractivity contribution in [1.82, 2.24) is 5.01 Å². The maximum absolute atomic E-state index is 13.3. The van der Waals surface area contributed by atoms with E-state index < -0.39 is 5.97 Å². The molecule has 1 atom stereocenters. The first-order chi connectivity index (χ1) is 15.5. The number of rotatable bonds is 5. The maximum atomic E-state index is 13.3. The molecule has 1 aliphatic heterocycles. The largest absolute Gasteiger partial charge is 0.497 e. The highest BCUT2D eigenvalue weighted by atomic mass is 79.9. The second-order valence-corrected chi connectivity index (χ2v) is 8.21. The zero-order chi connectivity index (χ0) is 22.7. The Bertz CT molecular complexity index is 1180. The topological polar surface area (TPSA) is 68.2 Å². The van der Waals surface area contributed by atoms with Gasteiger partial charge in [-0.05, 0) is 42.0 Å². The van der Waals surface area contributed by atoms with Crippen molar-refractivity contribution in [3.63, 3.8) is 0 Å². The lowest BCUT2D eigenvalue weighted by atomic mass is 9.97. The molecule has 6 nitrogen and oxygen atoms in total. The van der Waals surface area contributed by atoms with E-state index in [1.165, 1.54) is 11.9 Å². The minimum absolute atomic E-state index is 0.198. The fourth-order valence-corrected chi connectivity index (χ4v) is 3.89. The van der Waals surface area contributed by atoms with Gasteiger partial charge in [0.2, 0.25) is 0 Å². The van der Waals surface area contributed by atoms with Crippen LogP contribution in [0, 0.1) is 0 Å². The average molecular weight is 493 g/mol. The number of hydrazone groups is 1. The van der Waals surface area contributed by atoms with Gasteiger partial charge >= 0.3 is 5.97 Å². The monoisotopic (exact) mass is 492 g/mol. The smallest absolute Gasteiger partial charge is 0.308 e. The standard InChI is InChI=1S/C25H21BrN2O4/c1-16(29)32-24-14-20(31-2)12-13-21(24)22-15-23(17-8-10-19(26)11-9-17)28(27-22)25(30)18-6-4-3-5-7-18/h3-14,23H,15H2,1-2H3. The first kappa shape index (κ1) is 21.8. The van der Waals surface area contributed by atoms with Crippen molar-refractivity contribution in [3.8, 4) is 11.5 Å². The summed E-state index contributed by atoms with van der Waals surface area (Å²) in [5.74, 6) is 0.264. The molecule has 0 saturated heterocycles. The van der Waals surface area contributed by atoms with Crippen LogP contribution < -0.4 is 9.47 Å². The summed E-state index contributed by atoms with van der Waals surface area (Å²) < 4.78 is 11.7. The van der Waals surface area contributed by atoms with Crippen LogP contribution in [0.1, 0.15) is 40.9 Å². The van der Waals surface area contributed by atoms with E-state index in [1.54, 1.807) is 37.4 Å². The Morgan fingerprint density at radius 2 is 1.75 bits per heavy atom. The second kappa shape index (κ2) is 9.36. The highest BCUT2D eigenvalue weighted by Crippen LogP contribution is 2.37. The van der Waals surface area contributed by atoms with Crippen molar-refractivity contribution in [2.24, 2.45) is 5.10 Å². The van der Waals surface area contributed by atoms with E-state index in [9.17, 15) is 9.59 Å². The fraction of sp³-hybridized carbons (Fsp3) is 0.160. The van der Waals surface area contributed by atoms with Gasteiger partial charge in [0.05, 0.1) is 18.9 Å². The van der Waals surface area contributed by atoms with Gasteiger partial charge in [0.25, 0.3) is 5.91 Å². The molecule has 3 aromatic rings. The highest BCUT2D eigenvalue weighted by Gasteiger charge is 2.34. The Labute approximate surface area is 194 Å². The number of amides is 1. The van der Waals surface area contributed by atoms with Crippen molar-refractivity contribution in [2.45, 2.75) is 19.4 Å². The Morgan fingerprint density at radius 3 is 2.41 bits per heavy atom.